The van der Waals surface area contributed by atoms with Crippen LogP contribution in [0.15, 0.2) is 16.8 Å². The fraction of sp³-hybridized carbons (Fsp3) is 0.750. The minimum Gasteiger partial charge on any atom is -0.309 e. The van der Waals surface area contributed by atoms with Crippen LogP contribution in [0, 0.1) is 5.92 Å². The lowest BCUT2D eigenvalue weighted by Gasteiger charge is -2.47. The molecule has 2 nitrogen and oxygen atoms in total. The van der Waals surface area contributed by atoms with Gasteiger partial charge in [-0.15, -0.1) is 0 Å². The second-order valence-electron chi connectivity index (χ2n) is 6.46. The third-order valence-electron chi connectivity index (χ3n) is 4.58. The minimum absolute atomic E-state index is 0.292. The van der Waals surface area contributed by atoms with Crippen LogP contribution in [0.5, 0.6) is 0 Å². The summed E-state index contributed by atoms with van der Waals surface area (Å²) in [5.74, 6) is 0.719. The first-order valence-electron chi connectivity index (χ1n) is 7.54. The standard InChI is InChI=1S/C16H28N2S/c1-5-16(4)12-18(15(10-17-16)13(2)3)8-6-14-7-9-19-11-14/h7,9,11,13,15,17H,5-6,8,10,12H2,1-4H3. The van der Waals surface area contributed by atoms with Gasteiger partial charge in [0.05, 0.1) is 0 Å². The van der Waals surface area contributed by atoms with E-state index in [1.165, 1.54) is 31.5 Å². The van der Waals surface area contributed by atoms with Gasteiger partial charge in [0.15, 0.2) is 0 Å². The van der Waals surface area contributed by atoms with E-state index in [1.54, 1.807) is 11.3 Å². The monoisotopic (exact) mass is 280 g/mol. The maximum absolute atomic E-state index is 3.76. The molecule has 19 heavy (non-hydrogen) atoms. The van der Waals surface area contributed by atoms with Crippen molar-refractivity contribution in [3.8, 4) is 0 Å². The first-order valence-corrected chi connectivity index (χ1v) is 8.48. The van der Waals surface area contributed by atoms with Crippen molar-refractivity contribution in [2.75, 3.05) is 19.6 Å². The third kappa shape index (κ3) is 3.80. The Morgan fingerprint density at radius 1 is 1.53 bits per heavy atom. The number of rotatable bonds is 5. The molecule has 0 saturated carbocycles. The third-order valence-corrected chi connectivity index (χ3v) is 5.31. The van der Waals surface area contributed by atoms with E-state index in [2.05, 4.69) is 54.7 Å². The van der Waals surface area contributed by atoms with E-state index >= 15 is 0 Å². The van der Waals surface area contributed by atoms with E-state index < -0.39 is 0 Å². The highest BCUT2D eigenvalue weighted by Gasteiger charge is 2.35. The summed E-state index contributed by atoms with van der Waals surface area (Å²) >= 11 is 1.81. The topological polar surface area (TPSA) is 15.3 Å². The van der Waals surface area contributed by atoms with E-state index in [0.29, 0.717) is 11.6 Å². The molecule has 1 aromatic rings. The summed E-state index contributed by atoms with van der Waals surface area (Å²) in [4.78, 5) is 2.71. The normalized spacial score (nSPS) is 29.0. The van der Waals surface area contributed by atoms with Gasteiger partial charge in [0.1, 0.15) is 0 Å². The zero-order valence-corrected chi connectivity index (χ0v) is 13.6. The second-order valence-corrected chi connectivity index (χ2v) is 7.24. The molecule has 0 radical (unpaired) electrons. The lowest BCUT2D eigenvalue weighted by Crippen LogP contribution is -2.64. The van der Waals surface area contributed by atoms with Gasteiger partial charge in [-0.1, -0.05) is 20.8 Å². The van der Waals surface area contributed by atoms with Crippen LogP contribution < -0.4 is 5.32 Å². The van der Waals surface area contributed by atoms with E-state index in [1.807, 2.05) is 0 Å². The summed E-state index contributed by atoms with van der Waals surface area (Å²) in [5, 5.41) is 8.23. The predicted octanol–water partition coefficient (Wildman–Crippen LogP) is 3.39. The van der Waals surface area contributed by atoms with Crippen LogP contribution in [0.4, 0.5) is 0 Å². The summed E-state index contributed by atoms with van der Waals surface area (Å²) < 4.78 is 0. The zero-order chi connectivity index (χ0) is 13.9. The summed E-state index contributed by atoms with van der Waals surface area (Å²) in [6, 6.07) is 2.94. The molecule has 2 atom stereocenters. The van der Waals surface area contributed by atoms with E-state index in [0.717, 1.165) is 12.5 Å². The Balaban J connectivity index is 1.99. The Kier molecular flexibility index (Phi) is 5.04. The van der Waals surface area contributed by atoms with Crippen LogP contribution in [0.3, 0.4) is 0 Å². The van der Waals surface area contributed by atoms with Crippen molar-refractivity contribution in [2.45, 2.75) is 52.1 Å². The molecule has 0 spiro atoms. The van der Waals surface area contributed by atoms with Crippen molar-refractivity contribution in [2.24, 2.45) is 5.92 Å². The molecule has 0 amide bonds. The van der Waals surface area contributed by atoms with E-state index in [-0.39, 0.29) is 0 Å². The number of nitrogens with zero attached hydrogens (tertiary/aromatic N) is 1. The van der Waals surface area contributed by atoms with Crippen LogP contribution in [0.1, 0.15) is 39.7 Å². The molecule has 0 bridgehead atoms. The molecule has 1 fully saturated rings. The molecular weight excluding hydrogens is 252 g/mol. The van der Waals surface area contributed by atoms with Crippen LogP contribution in [-0.4, -0.2) is 36.1 Å². The van der Waals surface area contributed by atoms with Gasteiger partial charge < -0.3 is 5.32 Å². The number of piperazine rings is 1. The SMILES string of the molecule is CCC1(C)CN(CCc2ccsc2)C(C(C)C)CN1. The highest BCUT2D eigenvalue weighted by molar-refractivity contribution is 7.07. The van der Waals surface area contributed by atoms with Crippen LogP contribution in [0.2, 0.25) is 0 Å². The fourth-order valence-corrected chi connectivity index (χ4v) is 3.65. The quantitative estimate of drug-likeness (QED) is 0.889. The Labute approximate surface area is 122 Å². The largest absolute Gasteiger partial charge is 0.309 e. The number of hydrogen-bond acceptors (Lipinski definition) is 3. The number of thiophene rings is 1. The average Bonchev–Trinajstić information content (AvgIpc) is 2.89. The minimum atomic E-state index is 0.292. The van der Waals surface area contributed by atoms with Crippen molar-refractivity contribution >= 4 is 11.3 Å². The van der Waals surface area contributed by atoms with Crippen molar-refractivity contribution < 1.29 is 0 Å². The van der Waals surface area contributed by atoms with Gasteiger partial charge in [-0.3, -0.25) is 4.90 Å². The van der Waals surface area contributed by atoms with E-state index in [4.69, 9.17) is 0 Å². The van der Waals surface area contributed by atoms with Gasteiger partial charge in [0.25, 0.3) is 0 Å². The van der Waals surface area contributed by atoms with E-state index in [9.17, 15) is 0 Å². The molecule has 108 valence electrons. The van der Waals surface area contributed by atoms with Crippen LogP contribution >= 0.6 is 11.3 Å². The molecule has 3 heteroatoms. The van der Waals surface area contributed by atoms with Crippen molar-refractivity contribution in [3.63, 3.8) is 0 Å². The molecule has 1 aromatic heterocycles. The molecule has 0 aliphatic carbocycles. The van der Waals surface area contributed by atoms with Gasteiger partial charge in [-0.2, -0.15) is 11.3 Å². The summed E-state index contributed by atoms with van der Waals surface area (Å²) in [5.41, 5.74) is 1.78. The number of hydrogen-bond donors (Lipinski definition) is 1. The first kappa shape index (κ1) is 15.0. The lowest BCUT2D eigenvalue weighted by molar-refractivity contribution is 0.0614. The lowest BCUT2D eigenvalue weighted by atomic mass is 9.89. The van der Waals surface area contributed by atoms with Crippen molar-refractivity contribution in [3.05, 3.63) is 22.4 Å². The van der Waals surface area contributed by atoms with Crippen molar-refractivity contribution in [1.82, 2.24) is 10.2 Å². The second kappa shape index (κ2) is 6.38. The molecule has 1 N–H and O–H groups in total. The molecular formula is C16H28N2S. The summed E-state index contributed by atoms with van der Waals surface area (Å²) in [7, 11) is 0. The van der Waals surface area contributed by atoms with Crippen LogP contribution in [-0.2, 0) is 6.42 Å². The zero-order valence-electron chi connectivity index (χ0n) is 12.8. The van der Waals surface area contributed by atoms with Gasteiger partial charge >= 0.3 is 0 Å². The fourth-order valence-electron chi connectivity index (χ4n) is 2.95. The molecule has 1 saturated heterocycles. The van der Waals surface area contributed by atoms with Crippen LogP contribution in [0.25, 0.3) is 0 Å². The summed E-state index contributed by atoms with van der Waals surface area (Å²) in [6.45, 7) is 12.8. The highest BCUT2D eigenvalue weighted by Crippen LogP contribution is 2.23. The van der Waals surface area contributed by atoms with Crippen molar-refractivity contribution in [1.29, 1.82) is 0 Å². The van der Waals surface area contributed by atoms with Gasteiger partial charge in [-0.05, 0) is 48.1 Å². The molecule has 1 aliphatic heterocycles. The Bertz CT molecular complexity index is 374. The molecule has 2 unspecified atom stereocenters. The molecule has 1 aliphatic rings. The summed E-state index contributed by atoms with van der Waals surface area (Å²) in [6.07, 6.45) is 2.39. The smallest absolute Gasteiger partial charge is 0.0278 e. The maximum atomic E-state index is 3.76. The molecule has 2 heterocycles. The Morgan fingerprint density at radius 3 is 2.89 bits per heavy atom. The van der Waals surface area contributed by atoms with Gasteiger partial charge in [-0.25, -0.2) is 0 Å². The van der Waals surface area contributed by atoms with Gasteiger partial charge in [0.2, 0.25) is 0 Å². The average molecular weight is 280 g/mol. The molecule has 2 rings (SSSR count). The first-order chi connectivity index (χ1) is 9.04. The Morgan fingerprint density at radius 2 is 2.32 bits per heavy atom. The Hall–Kier alpha value is -0.380. The maximum Gasteiger partial charge on any atom is 0.0278 e. The predicted molar refractivity (Wildman–Crippen MR) is 84.9 cm³/mol. The highest BCUT2D eigenvalue weighted by atomic mass is 32.1. The number of nitrogens with one attached hydrogen (secondary N) is 1. The molecule has 0 aromatic carbocycles. The van der Waals surface area contributed by atoms with Gasteiger partial charge in [0, 0.05) is 31.2 Å².